The van der Waals surface area contributed by atoms with E-state index in [2.05, 4.69) is 5.32 Å². The molecule has 0 aromatic rings. The Bertz CT molecular complexity index is 317. The molecule has 1 saturated heterocycles. The predicted molar refractivity (Wildman–Crippen MR) is 60.7 cm³/mol. The van der Waals surface area contributed by atoms with Crippen molar-refractivity contribution in [3.63, 3.8) is 0 Å². The van der Waals surface area contributed by atoms with E-state index in [4.69, 9.17) is 0 Å². The molecule has 2 rings (SSSR count). The highest BCUT2D eigenvalue weighted by molar-refractivity contribution is 5.89. The van der Waals surface area contributed by atoms with Crippen molar-refractivity contribution in [1.29, 1.82) is 0 Å². The largest absolute Gasteiger partial charge is 0.353 e. The summed E-state index contributed by atoms with van der Waals surface area (Å²) in [5.74, 6) is 0.208. The Morgan fingerprint density at radius 3 is 2.81 bits per heavy atom. The molecule has 88 valence electrons. The van der Waals surface area contributed by atoms with Crippen LogP contribution < -0.4 is 5.32 Å². The fourth-order valence-electron chi connectivity index (χ4n) is 2.44. The van der Waals surface area contributed by atoms with E-state index in [1.807, 2.05) is 19.1 Å². The number of piperazine rings is 1. The second kappa shape index (κ2) is 4.68. The van der Waals surface area contributed by atoms with Crippen LogP contribution in [0.15, 0.2) is 12.2 Å². The lowest BCUT2D eigenvalue weighted by Gasteiger charge is -2.36. The number of hydrogen-bond acceptors (Lipinski definition) is 2. The highest BCUT2D eigenvalue weighted by atomic mass is 16.2. The minimum atomic E-state index is -0.262. The highest BCUT2D eigenvalue weighted by Crippen LogP contribution is 2.22. The van der Waals surface area contributed by atoms with Gasteiger partial charge in [0.15, 0.2) is 0 Å². The van der Waals surface area contributed by atoms with E-state index in [9.17, 15) is 9.59 Å². The van der Waals surface area contributed by atoms with Crippen molar-refractivity contribution in [3.8, 4) is 0 Å². The van der Waals surface area contributed by atoms with Crippen LogP contribution in [0.1, 0.15) is 26.2 Å². The summed E-state index contributed by atoms with van der Waals surface area (Å²) in [6, 6.07) is -0.262. The van der Waals surface area contributed by atoms with Gasteiger partial charge in [-0.1, -0.05) is 19.1 Å². The third-order valence-electron chi connectivity index (χ3n) is 3.36. The molecule has 0 bridgehead atoms. The van der Waals surface area contributed by atoms with Crippen LogP contribution in [0.25, 0.3) is 0 Å². The van der Waals surface area contributed by atoms with Gasteiger partial charge in [0.2, 0.25) is 11.8 Å². The van der Waals surface area contributed by atoms with Gasteiger partial charge in [0, 0.05) is 19.0 Å². The van der Waals surface area contributed by atoms with Crippen molar-refractivity contribution < 1.29 is 9.59 Å². The number of nitrogens with one attached hydrogen (secondary N) is 1. The average Bonchev–Trinajstić information content (AvgIpc) is 2.81. The van der Waals surface area contributed by atoms with Gasteiger partial charge in [-0.25, -0.2) is 0 Å². The van der Waals surface area contributed by atoms with Gasteiger partial charge in [-0.2, -0.15) is 0 Å². The van der Waals surface area contributed by atoms with Crippen LogP contribution in [0.4, 0.5) is 0 Å². The van der Waals surface area contributed by atoms with Crippen LogP contribution in [0.2, 0.25) is 0 Å². The first-order chi connectivity index (χ1) is 7.74. The lowest BCUT2D eigenvalue weighted by atomic mass is 10.0. The molecule has 2 aliphatic rings. The second-order valence-electron chi connectivity index (χ2n) is 4.39. The zero-order valence-corrected chi connectivity index (χ0v) is 9.61. The molecular weight excluding hydrogens is 204 g/mol. The molecule has 1 unspecified atom stereocenters. The van der Waals surface area contributed by atoms with Crippen molar-refractivity contribution in [2.24, 2.45) is 5.92 Å². The zero-order valence-electron chi connectivity index (χ0n) is 9.61. The predicted octanol–water partition coefficient (Wildman–Crippen LogP) is 0.690. The minimum absolute atomic E-state index is 0.00643. The lowest BCUT2D eigenvalue weighted by Crippen LogP contribution is -2.58. The molecule has 1 fully saturated rings. The molecule has 1 heterocycles. The van der Waals surface area contributed by atoms with E-state index in [1.165, 1.54) is 0 Å². The Morgan fingerprint density at radius 1 is 1.50 bits per heavy atom. The second-order valence-corrected chi connectivity index (χ2v) is 4.39. The molecule has 2 amide bonds. The number of carbonyl (C=O) groups is 2. The summed E-state index contributed by atoms with van der Waals surface area (Å²) in [5.41, 5.74) is 0. The quantitative estimate of drug-likeness (QED) is 0.699. The third kappa shape index (κ3) is 1.96. The van der Waals surface area contributed by atoms with Crippen LogP contribution in [0, 0.1) is 5.92 Å². The summed E-state index contributed by atoms with van der Waals surface area (Å²) in [4.78, 5) is 25.6. The van der Waals surface area contributed by atoms with E-state index in [0.29, 0.717) is 19.5 Å². The monoisotopic (exact) mass is 222 g/mol. The Labute approximate surface area is 95.7 Å². The Hall–Kier alpha value is -1.32. The normalized spacial score (nSPS) is 25.9. The molecule has 0 aromatic heterocycles. The van der Waals surface area contributed by atoms with Gasteiger partial charge in [-0.05, 0) is 19.3 Å². The van der Waals surface area contributed by atoms with E-state index in [-0.39, 0.29) is 23.8 Å². The standard InChI is InChI=1S/C12H18N2O2/c1-2-10-11(15)13-7-8-14(10)12(16)9-5-3-4-6-9/h3-4,9-10H,2,5-8H2,1H3,(H,13,15). The van der Waals surface area contributed by atoms with Crippen LogP contribution in [0.5, 0.6) is 0 Å². The average molecular weight is 222 g/mol. The molecule has 1 atom stereocenters. The third-order valence-corrected chi connectivity index (χ3v) is 3.36. The van der Waals surface area contributed by atoms with Gasteiger partial charge in [0.05, 0.1) is 0 Å². The summed E-state index contributed by atoms with van der Waals surface area (Å²) in [6.07, 6.45) is 6.44. The maximum Gasteiger partial charge on any atom is 0.242 e. The number of allylic oxidation sites excluding steroid dienone is 2. The van der Waals surface area contributed by atoms with E-state index < -0.39 is 0 Å². The first-order valence-electron chi connectivity index (χ1n) is 5.97. The fraction of sp³-hybridized carbons (Fsp3) is 0.667. The fourth-order valence-corrected chi connectivity index (χ4v) is 2.44. The summed E-state index contributed by atoms with van der Waals surface area (Å²) in [6.45, 7) is 3.18. The molecule has 1 aliphatic heterocycles. The first kappa shape index (κ1) is 11.2. The van der Waals surface area contributed by atoms with Crippen molar-refractivity contribution >= 4 is 11.8 Å². The molecular formula is C12H18N2O2. The van der Waals surface area contributed by atoms with Gasteiger partial charge in [0.1, 0.15) is 6.04 Å². The van der Waals surface area contributed by atoms with Crippen molar-refractivity contribution in [1.82, 2.24) is 10.2 Å². The maximum absolute atomic E-state index is 12.2. The molecule has 0 saturated carbocycles. The van der Waals surface area contributed by atoms with Gasteiger partial charge < -0.3 is 10.2 Å². The highest BCUT2D eigenvalue weighted by Gasteiger charge is 2.34. The van der Waals surface area contributed by atoms with Crippen LogP contribution in [0.3, 0.4) is 0 Å². The summed E-state index contributed by atoms with van der Waals surface area (Å²) < 4.78 is 0. The Kier molecular flexibility index (Phi) is 3.27. The SMILES string of the molecule is CCC1C(=O)NCCN1C(=O)C1CC=CC1. The van der Waals surface area contributed by atoms with Crippen LogP contribution in [-0.4, -0.2) is 35.8 Å². The lowest BCUT2D eigenvalue weighted by molar-refractivity contribution is -0.146. The van der Waals surface area contributed by atoms with Gasteiger partial charge >= 0.3 is 0 Å². The number of hydrogen-bond donors (Lipinski definition) is 1. The molecule has 0 radical (unpaired) electrons. The van der Waals surface area contributed by atoms with E-state index >= 15 is 0 Å². The summed E-state index contributed by atoms with van der Waals surface area (Å²) in [7, 11) is 0. The smallest absolute Gasteiger partial charge is 0.242 e. The van der Waals surface area contributed by atoms with Gasteiger partial charge in [-0.15, -0.1) is 0 Å². The maximum atomic E-state index is 12.2. The summed E-state index contributed by atoms with van der Waals surface area (Å²) in [5, 5.41) is 2.81. The topological polar surface area (TPSA) is 49.4 Å². The minimum Gasteiger partial charge on any atom is -0.353 e. The van der Waals surface area contributed by atoms with Gasteiger partial charge in [0.25, 0.3) is 0 Å². The van der Waals surface area contributed by atoms with Crippen molar-refractivity contribution in [2.75, 3.05) is 13.1 Å². The first-order valence-corrected chi connectivity index (χ1v) is 5.97. The molecule has 4 heteroatoms. The van der Waals surface area contributed by atoms with E-state index in [1.54, 1.807) is 4.90 Å². The van der Waals surface area contributed by atoms with Crippen LogP contribution in [-0.2, 0) is 9.59 Å². The van der Waals surface area contributed by atoms with Crippen molar-refractivity contribution in [3.05, 3.63) is 12.2 Å². The van der Waals surface area contributed by atoms with Gasteiger partial charge in [-0.3, -0.25) is 9.59 Å². The number of nitrogens with zero attached hydrogens (tertiary/aromatic N) is 1. The Morgan fingerprint density at radius 2 is 2.19 bits per heavy atom. The molecule has 1 aliphatic carbocycles. The number of amides is 2. The summed E-state index contributed by atoms with van der Waals surface area (Å²) >= 11 is 0. The molecule has 16 heavy (non-hydrogen) atoms. The Balaban J connectivity index is 2.05. The zero-order chi connectivity index (χ0) is 11.5. The molecule has 4 nitrogen and oxygen atoms in total. The number of carbonyl (C=O) groups excluding carboxylic acids is 2. The number of rotatable bonds is 2. The molecule has 0 aromatic carbocycles. The molecule has 1 N–H and O–H groups in total. The van der Waals surface area contributed by atoms with Crippen molar-refractivity contribution in [2.45, 2.75) is 32.2 Å². The van der Waals surface area contributed by atoms with Crippen LogP contribution >= 0.6 is 0 Å². The molecule has 0 spiro atoms. The van der Waals surface area contributed by atoms with E-state index in [0.717, 1.165) is 12.8 Å².